The summed E-state index contributed by atoms with van der Waals surface area (Å²) in [6.07, 6.45) is 0. The predicted octanol–water partition coefficient (Wildman–Crippen LogP) is 2.86. The molecule has 0 heterocycles. The minimum absolute atomic E-state index is 0.403. The molecule has 0 saturated heterocycles. The van der Waals surface area contributed by atoms with E-state index < -0.39 is 15.2 Å². The van der Waals surface area contributed by atoms with E-state index in [0.29, 0.717) is 11.7 Å². The van der Waals surface area contributed by atoms with E-state index in [9.17, 15) is 8.42 Å². The van der Waals surface area contributed by atoms with Crippen molar-refractivity contribution in [2.45, 2.75) is 26.8 Å². The fourth-order valence-electron chi connectivity index (χ4n) is 1.77. The lowest BCUT2D eigenvalue weighted by atomic mass is 10.2. The van der Waals surface area contributed by atoms with Gasteiger partial charge in [-0.2, -0.15) is 0 Å². The van der Waals surface area contributed by atoms with Crippen LogP contribution in [0.4, 0.5) is 11.4 Å². The molecule has 1 rings (SSSR count). The predicted molar refractivity (Wildman–Crippen MR) is 77.9 cm³/mol. The molecule has 0 aliphatic heterocycles. The molecule has 0 aromatic heterocycles. The van der Waals surface area contributed by atoms with Crippen LogP contribution in [0.15, 0.2) is 24.3 Å². The number of nitrogens with zero attached hydrogens (tertiary/aromatic N) is 1. The fourth-order valence-corrected chi connectivity index (χ4v) is 2.49. The lowest BCUT2D eigenvalue weighted by Crippen LogP contribution is -2.30. The number of alkyl halides is 1. The van der Waals surface area contributed by atoms with E-state index in [-0.39, 0.29) is 0 Å². The zero-order valence-electron chi connectivity index (χ0n) is 10.9. The average molecular weight is 291 g/mol. The Bertz CT molecular complexity index is 471. The molecule has 0 aliphatic carbocycles. The molecule has 0 aliphatic rings. The number of hydrogen-bond acceptors (Lipinski definition) is 3. The van der Waals surface area contributed by atoms with Gasteiger partial charge >= 0.3 is 0 Å². The van der Waals surface area contributed by atoms with Gasteiger partial charge in [0.15, 0.2) is 0 Å². The van der Waals surface area contributed by atoms with Crippen molar-refractivity contribution in [2.24, 2.45) is 0 Å². The molecule has 0 amide bonds. The van der Waals surface area contributed by atoms with Crippen LogP contribution in [0.2, 0.25) is 0 Å². The topological polar surface area (TPSA) is 49.4 Å². The molecule has 0 bridgehead atoms. The number of sulfonamides is 1. The highest BCUT2D eigenvalue weighted by Gasteiger charge is 2.10. The molecule has 0 atom stereocenters. The highest BCUT2D eigenvalue weighted by molar-refractivity contribution is 7.93. The molecule has 4 nitrogen and oxygen atoms in total. The van der Waals surface area contributed by atoms with Gasteiger partial charge in [0, 0.05) is 24.0 Å². The van der Waals surface area contributed by atoms with Crippen LogP contribution in [0.3, 0.4) is 0 Å². The Hall–Kier alpha value is -0.940. The van der Waals surface area contributed by atoms with Crippen molar-refractivity contribution in [1.29, 1.82) is 0 Å². The smallest absolute Gasteiger partial charge is 0.246 e. The zero-order chi connectivity index (χ0) is 13.8. The monoisotopic (exact) mass is 290 g/mol. The van der Waals surface area contributed by atoms with E-state index in [0.717, 1.165) is 12.2 Å². The van der Waals surface area contributed by atoms with Crippen molar-refractivity contribution in [2.75, 3.05) is 21.4 Å². The Morgan fingerprint density at radius 1 is 1.28 bits per heavy atom. The highest BCUT2D eigenvalue weighted by Crippen LogP contribution is 2.20. The summed E-state index contributed by atoms with van der Waals surface area (Å²) in [5, 5.41) is -0.443. The first kappa shape index (κ1) is 15.1. The maximum Gasteiger partial charge on any atom is 0.246 e. The molecule has 6 heteroatoms. The van der Waals surface area contributed by atoms with Crippen LogP contribution in [-0.2, 0) is 10.0 Å². The van der Waals surface area contributed by atoms with Gasteiger partial charge in [-0.1, -0.05) is 0 Å². The second-order valence-corrected chi connectivity index (χ2v) is 6.56. The molecule has 0 radical (unpaired) electrons. The van der Waals surface area contributed by atoms with Gasteiger partial charge in [-0.05, 0) is 45.0 Å². The van der Waals surface area contributed by atoms with E-state index in [1.54, 1.807) is 12.1 Å². The second kappa shape index (κ2) is 6.29. The van der Waals surface area contributed by atoms with Crippen LogP contribution in [0.5, 0.6) is 0 Å². The summed E-state index contributed by atoms with van der Waals surface area (Å²) in [6, 6.07) is 7.68. The molecule has 102 valence electrons. The standard InChI is InChI=1S/C12H19ClN2O2S/c1-4-15(10(2)3)12-7-5-11(6-8-12)14-18(16,17)9-13/h5-8,10,14H,4,9H2,1-3H3. The van der Waals surface area contributed by atoms with E-state index in [2.05, 4.69) is 30.4 Å². The van der Waals surface area contributed by atoms with Crippen LogP contribution >= 0.6 is 11.6 Å². The van der Waals surface area contributed by atoms with Crippen LogP contribution < -0.4 is 9.62 Å². The van der Waals surface area contributed by atoms with Crippen molar-refractivity contribution < 1.29 is 8.42 Å². The Morgan fingerprint density at radius 3 is 2.22 bits per heavy atom. The number of nitrogens with one attached hydrogen (secondary N) is 1. The lowest BCUT2D eigenvalue weighted by molar-refractivity contribution is 0.605. The molecule has 0 spiro atoms. The Labute approximate surface area is 114 Å². The van der Waals surface area contributed by atoms with E-state index in [4.69, 9.17) is 11.6 Å². The third-order valence-corrected chi connectivity index (χ3v) is 4.28. The molecule has 0 unspecified atom stereocenters. The minimum atomic E-state index is -3.43. The number of hydrogen-bond donors (Lipinski definition) is 1. The van der Waals surface area contributed by atoms with Crippen molar-refractivity contribution in [3.05, 3.63) is 24.3 Å². The van der Waals surface area contributed by atoms with Gasteiger partial charge in [-0.25, -0.2) is 8.42 Å². The molecular weight excluding hydrogens is 272 g/mol. The van der Waals surface area contributed by atoms with Gasteiger partial charge < -0.3 is 4.90 Å². The molecule has 1 N–H and O–H groups in total. The SMILES string of the molecule is CCN(c1ccc(NS(=O)(=O)CCl)cc1)C(C)C. The van der Waals surface area contributed by atoms with E-state index in [1.165, 1.54) is 0 Å². The quantitative estimate of drug-likeness (QED) is 0.820. The third kappa shape index (κ3) is 4.07. The Kier molecular flexibility index (Phi) is 5.28. The minimum Gasteiger partial charge on any atom is -0.369 e. The molecule has 0 fully saturated rings. The summed E-state index contributed by atoms with van der Waals surface area (Å²) in [5.74, 6) is 0. The summed E-state index contributed by atoms with van der Waals surface area (Å²) in [7, 11) is -3.43. The van der Waals surface area contributed by atoms with Crippen LogP contribution in [0, 0.1) is 0 Å². The molecule has 0 saturated carbocycles. The fraction of sp³-hybridized carbons (Fsp3) is 0.500. The molecule has 1 aromatic rings. The van der Waals surface area contributed by atoms with Crippen molar-refractivity contribution in [3.63, 3.8) is 0 Å². The molecular formula is C12H19ClN2O2S. The first-order chi connectivity index (χ1) is 8.39. The second-order valence-electron chi connectivity index (χ2n) is 4.25. The molecule has 1 aromatic carbocycles. The van der Waals surface area contributed by atoms with Crippen LogP contribution in [-0.4, -0.2) is 26.2 Å². The highest BCUT2D eigenvalue weighted by atomic mass is 35.5. The van der Waals surface area contributed by atoms with Crippen molar-refractivity contribution in [1.82, 2.24) is 0 Å². The summed E-state index contributed by atoms with van der Waals surface area (Å²) in [4.78, 5) is 2.22. The lowest BCUT2D eigenvalue weighted by Gasteiger charge is -2.27. The summed E-state index contributed by atoms with van der Waals surface area (Å²) in [6.45, 7) is 7.23. The maximum absolute atomic E-state index is 11.3. The number of benzene rings is 1. The third-order valence-electron chi connectivity index (χ3n) is 2.58. The van der Waals surface area contributed by atoms with Gasteiger partial charge in [-0.3, -0.25) is 4.72 Å². The number of rotatable bonds is 6. The number of halogens is 1. The van der Waals surface area contributed by atoms with E-state index >= 15 is 0 Å². The van der Waals surface area contributed by atoms with Gasteiger partial charge in [-0.15, -0.1) is 11.6 Å². The van der Waals surface area contributed by atoms with Gasteiger partial charge in [0.25, 0.3) is 0 Å². The van der Waals surface area contributed by atoms with Crippen LogP contribution in [0.25, 0.3) is 0 Å². The maximum atomic E-state index is 11.3. The summed E-state index contributed by atoms with van der Waals surface area (Å²) in [5.41, 5.74) is 1.60. The van der Waals surface area contributed by atoms with Gasteiger partial charge in [0.05, 0.1) is 0 Å². The number of anilines is 2. The van der Waals surface area contributed by atoms with E-state index in [1.807, 2.05) is 12.1 Å². The molecule has 18 heavy (non-hydrogen) atoms. The largest absolute Gasteiger partial charge is 0.369 e. The first-order valence-electron chi connectivity index (χ1n) is 5.82. The van der Waals surface area contributed by atoms with Gasteiger partial charge in [0.2, 0.25) is 10.0 Å². The summed E-state index contributed by atoms with van der Waals surface area (Å²) >= 11 is 5.33. The average Bonchev–Trinajstić information content (AvgIpc) is 2.31. The Balaban J connectivity index is 2.86. The van der Waals surface area contributed by atoms with Crippen LogP contribution in [0.1, 0.15) is 20.8 Å². The first-order valence-corrected chi connectivity index (χ1v) is 8.01. The van der Waals surface area contributed by atoms with Gasteiger partial charge in [0.1, 0.15) is 5.21 Å². The van der Waals surface area contributed by atoms with Crippen molar-refractivity contribution in [3.8, 4) is 0 Å². The summed E-state index contributed by atoms with van der Waals surface area (Å²) < 4.78 is 25.0. The van der Waals surface area contributed by atoms with Crippen molar-refractivity contribution >= 4 is 33.0 Å². The normalized spacial score (nSPS) is 11.6. The zero-order valence-corrected chi connectivity index (χ0v) is 12.4. The Morgan fingerprint density at radius 2 is 1.83 bits per heavy atom.